The monoisotopic (exact) mass is 1900 g/mol. The Bertz CT molecular complexity index is 5960. The summed E-state index contributed by atoms with van der Waals surface area (Å²) in [7, 11) is 0. The van der Waals surface area contributed by atoms with Crippen molar-refractivity contribution in [1.82, 2.24) is 39.5 Å². The summed E-state index contributed by atoms with van der Waals surface area (Å²) in [6.45, 7) is 12.7. The van der Waals surface area contributed by atoms with Crippen LogP contribution in [0.25, 0.3) is 43.6 Å². The number of nitrogens with one attached hydrogen (secondary N) is 4. The molecule has 0 bridgehead atoms. The Morgan fingerprint density at radius 2 is 0.639 bits per heavy atom. The molecule has 0 saturated carbocycles. The van der Waals surface area contributed by atoms with Gasteiger partial charge in [-0.05, 0) is 218 Å². The summed E-state index contributed by atoms with van der Waals surface area (Å²) in [5.41, 5.74) is 16.1. The van der Waals surface area contributed by atoms with Crippen LogP contribution < -0.4 is 18.9 Å². The Hall–Kier alpha value is -11.4. The van der Waals surface area contributed by atoms with Crippen molar-refractivity contribution in [2.45, 2.75) is 141 Å². The van der Waals surface area contributed by atoms with Gasteiger partial charge < -0.3 is 98.7 Å². The number of rotatable bonds is 30. The van der Waals surface area contributed by atoms with E-state index in [2.05, 4.69) is 31.8 Å². The molecule has 16 rings (SSSR count). The van der Waals surface area contributed by atoms with Crippen molar-refractivity contribution in [3.8, 4) is 34.8 Å². The number of aromatic nitrogens is 4. The summed E-state index contributed by atoms with van der Waals surface area (Å²) in [5.74, 6) is 8.35. The second-order valence-corrected chi connectivity index (χ2v) is 34.9. The van der Waals surface area contributed by atoms with Gasteiger partial charge in [0, 0.05) is 138 Å². The van der Waals surface area contributed by atoms with Crippen molar-refractivity contribution in [3.63, 3.8) is 0 Å². The van der Waals surface area contributed by atoms with Crippen molar-refractivity contribution in [2.24, 2.45) is 5.92 Å². The van der Waals surface area contributed by atoms with Gasteiger partial charge in [-0.3, -0.25) is 19.6 Å². The van der Waals surface area contributed by atoms with Gasteiger partial charge in [-0.15, -0.1) is 5.92 Å². The van der Waals surface area contributed by atoms with E-state index in [0.29, 0.717) is 160 Å². The molecule has 0 saturated heterocycles. The van der Waals surface area contributed by atoms with Crippen LogP contribution in [0.3, 0.4) is 0 Å². The lowest BCUT2D eigenvalue weighted by molar-refractivity contribution is 0.0752. The number of aliphatic hydroxyl groups excluding tert-OH is 8. The van der Waals surface area contributed by atoms with E-state index in [1.54, 1.807) is 33.4 Å². The minimum absolute atomic E-state index is 0.0419. The fraction of sp³-hybridized carbons (Fsp3) is 0.386. The topological polar surface area (TPSA) is 380 Å². The maximum absolute atomic E-state index is 13.1. The van der Waals surface area contributed by atoms with Gasteiger partial charge in [-0.25, -0.2) is 19.2 Å². The van der Waals surface area contributed by atoms with E-state index in [-0.39, 0.29) is 88.0 Å². The van der Waals surface area contributed by atoms with Crippen LogP contribution in [0, 0.1) is 17.8 Å². The Balaban J connectivity index is 0.000000151. The zero-order valence-electron chi connectivity index (χ0n) is 74.8. The van der Waals surface area contributed by atoms with Gasteiger partial charge in [-0.2, -0.15) is 0 Å². The average molecular weight is 1900 g/mol. The number of halogens is 4. The van der Waals surface area contributed by atoms with E-state index in [9.17, 15) is 39.6 Å². The zero-order valence-corrected chi connectivity index (χ0v) is 77.8. The van der Waals surface area contributed by atoms with Crippen molar-refractivity contribution < 1.29 is 97.9 Å². The number of carbonyl (C=O) groups is 4. The lowest BCUT2D eigenvalue weighted by atomic mass is 9.92. The van der Waals surface area contributed by atoms with Gasteiger partial charge in [-0.1, -0.05) is 122 Å². The summed E-state index contributed by atoms with van der Waals surface area (Å²) in [6.07, 6.45) is 0.329. The van der Waals surface area contributed by atoms with Crippen molar-refractivity contribution >= 4 is 114 Å². The van der Waals surface area contributed by atoms with E-state index in [0.717, 1.165) is 117 Å². The normalized spacial score (nSPS) is 16.4. The van der Waals surface area contributed by atoms with Gasteiger partial charge in [0.2, 0.25) is 0 Å². The number of aliphatic hydroxyl groups is 8. The molecular weight excluding hydrogens is 1790 g/mol. The molecule has 28 nitrogen and oxygen atoms in total. The van der Waals surface area contributed by atoms with Crippen LogP contribution in [-0.2, 0) is 44.6 Å². The molecule has 706 valence electrons. The third-order valence-electron chi connectivity index (χ3n) is 23.5. The summed E-state index contributed by atoms with van der Waals surface area (Å²) in [5, 5.41) is 80.6. The molecule has 0 spiro atoms. The van der Waals surface area contributed by atoms with Crippen molar-refractivity contribution in [1.29, 1.82) is 0 Å². The molecule has 4 amide bonds. The van der Waals surface area contributed by atoms with Crippen molar-refractivity contribution in [2.75, 3.05) is 105 Å². The molecule has 12 N–H and O–H groups in total. The zero-order chi connectivity index (χ0) is 94.4. The molecule has 8 atom stereocenters. The number of aromatic amines is 4. The highest BCUT2D eigenvalue weighted by atomic mass is 35.5. The molecule has 8 heterocycles. The minimum atomic E-state index is -0.799. The van der Waals surface area contributed by atoms with Crippen LogP contribution in [-0.4, -0.2) is 235 Å². The highest BCUT2D eigenvalue weighted by Crippen LogP contribution is 2.46. The van der Waals surface area contributed by atoms with Crippen LogP contribution in [0.1, 0.15) is 158 Å². The molecular formula is C101H114Cl4N8O20. The lowest BCUT2D eigenvalue weighted by Crippen LogP contribution is -2.41. The highest BCUT2D eigenvalue weighted by Gasteiger charge is 2.41. The number of nitrogens with zero attached hydrogens (tertiary/aromatic N) is 4. The number of fused-ring (bicyclic) bond motifs is 12. The predicted octanol–water partition coefficient (Wildman–Crippen LogP) is 17.2. The molecule has 4 unspecified atom stereocenters. The van der Waals surface area contributed by atoms with Crippen LogP contribution in [0.4, 0.5) is 19.2 Å². The molecule has 8 aromatic carbocycles. The Morgan fingerprint density at radius 1 is 0.376 bits per heavy atom. The highest BCUT2D eigenvalue weighted by molar-refractivity contribution is 6.32. The minimum Gasteiger partial charge on any atom is -0.493 e. The lowest BCUT2D eigenvalue weighted by Gasteiger charge is -2.35. The van der Waals surface area contributed by atoms with Gasteiger partial charge in [0.05, 0.1) is 97.1 Å². The maximum atomic E-state index is 13.1. The molecule has 32 heteroatoms. The van der Waals surface area contributed by atoms with Gasteiger partial charge >= 0.3 is 24.4 Å². The van der Waals surface area contributed by atoms with Crippen LogP contribution in [0.5, 0.6) is 23.0 Å². The van der Waals surface area contributed by atoms with E-state index in [1.807, 2.05) is 191 Å². The summed E-state index contributed by atoms with van der Waals surface area (Å²) in [6, 6.07) is 52.0. The van der Waals surface area contributed by atoms with Gasteiger partial charge in [0.1, 0.15) is 47.2 Å². The second kappa shape index (κ2) is 47.5. The third-order valence-corrected chi connectivity index (χ3v) is 24.4. The third kappa shape index (κ3) is 24.8. The molecule has 133 heavy (non-hydrogen) atoms. The van der Waals surface area contributed by atoms with Crippen LogP contribution in [0.15, 0.2) is 170 Å². The second-order valence-electron chi connectivity index (χ2n) is 33.1. The van der Waals surface area contributed by atoms with E-state index in [1.165, 1.54) is 0 Å². The first kappa shape index (κ1) is 99.1. The molecule has 4 aliphatic rings. The molecule has 4 aliphatic heterocycles. The predicted molar refractivity (Wildman–Crippen MR) is 510 cm³/mol. The SMILES string of the molecule is CC#CCOC(=O)N1CCc2c([nH]c3ccc(Cl)cc23)C1c1ccc(OCC[C@H](O)CO)cc1.CC(C)COC(=O)N1CCc2c([nH]c3ccc(Cl)cc23)C1c1ccc(OCC[C@H](O)CO)cc1.CCCOC(=O)N1CCc2c([nH]c3ccc(Cl)cc23)C1c1ccc(OCC[C@H](O)CO)cc1.CCOC(=O)N1CCc2c([nH]c3ccc(Cl)cc23)C1c1ccc(OCC[C@H](O)CO)cc1. The molecule has 0 aliphatic carbocycles. The summed E-state index contributed by atoms with van der Waals surface area (Å²) >= 11 is 25.0. The fourth-order valence-corrected chi connectivity index (χ4v) is 17.6. The Morgan fingerprint density at radius 3 is 0.887 bits per heavy atom. The molecule has 0 radical (unpaired) electrons. The Kier molecular flexibility index (Phi) is 35.4. The number of ether oxygens (including phenoxy) is 8. The first-order chi connectivity index (χ1) is 64.4. The number of amides is 4. The molecule has 4 aromatic heterocycles. The van der Waals surface area contributed by atoms with E-state index < -0.39 is 30.5 Å². The fourth-order valence-electron chi connectivity index (χ4n) is 16.9. The standard InChI is InChI=1S/C26H31ClN2O5.C26H27ClN2O5.C25H29ClN2O5.C24H27ClN2O5/c1-16(2)15-34-26(32)29-11-9-21-22-13-18(27)5-8-23(22)28-24(21)25(29)17-3-6-20(7-4-17)33-12-10-19(31)14-30;1-2-3-13-34-26(32)29-12-10-21-22-15-18(27)6-9-23(22)28-24(21)25(29)17-4-7-20(8-5-17)33-14-11-19(31)16-30;1-2-12-33-25(31)28-11-9-20-21-14-17(26)5-8-22(21)27-23(20)24(28)16-3-6-19(7-4-16)32-13-10-18(30)15-29;1-2-31-24(30)27-11-9-19-20-13-16(25)5-8-21(20)26-22(19)23(27)15-3-6-18(7-4-15)32-12-10-17(29)14-28/h3-8,13,16,19,25,28,30-31H,9-12,14-15H2,1-2H3;4-9,15,19,25,28,30-31H,10-14,16H2,1H3;3-8,14,18,24,27,29-30H,2,9-13,15H2,1H3;3-8,13,17,23,26,28-29H,2,9-12,14H2,1H3/t2*19-,25?;18-,24?;17-,23?/m0000/s1. The van der Waals surface area contributed by atoms with E-state index >= 15 is 0 Å². The number of benzene rings is 8. The summed E-state index contributed by atoms with van der Waals surface area (Å²) in [4.78, 5) is 72.7. The van der Waals surface area contributed by atoms with Gasteiger partial charge in [0.15, 0.2) is 6.61 Å². The maximum Gasteiger partial charge on any atom is 0.411 e. The number of H-pyrrole nitrogens is 4. The average Bonchev–Trinajstić information content (AvgIpc) is 1.63. The largest absolute Gasteiger partial charge is 0.493 e. The summed E-state index contributed by atoms with van der Waals surface area (Å²) < 4.78 is 44.5. The quantitative estimate of drug-likeness (QED) is 0.0147. The first-order valence-corrected chi connectivity index (χ1v) is 46.3. The van der Waals surface area contributed by atoms with Crippen LogP contribution in [0.2, 0.25) is 20.1 Å². The first-order valence-electron chi connectivity index (χ1n) is 44.8. The molecule has 12 aromatic rings. The number of hydrogen-bond donors (Lipinski definition) is 12. The van der Waals surface area contributed by atoms with E-state index in [4.69, 9.17) is 105 Å². The number of carbonyl (C=O) groups excluding carboxylic acids is 4. The molecule has 0 fully saturated rings. The van der Waals surface area contributed by atoms with Crippen LogP contribution >= 0.6 is 46.4 Å². The Labute approximate surface area is 791 Å². The van der Waals surface area contributed by atoms with Crippen molar-refractivity contribution in [3.05, 3.63) is 257 Å². The van der Waals surface area contributed by atoms with Gasteiger partial charge in [0.25, 0.3) is 0 Å². The number of hydrogen-bond acceptors (Lipinski definition) is 20. The smallest absolute Gasteiger partial charge is 0.411 e.